The van der Waals surface area contributed by atoms with Crippen molar-refractivity contribution in [2.75, 3.05) is 0 Å². The van der Waals surface area contributed by atoms with E-state index in [0.29, 0.717) is 36.4 Å². The SMILES string of the molecule is O=C(CCc1ccc(F)cc1)Cc1cc2c(cn1)C(c1ccc(OC(F)(F)F)cc1)=NC2. The van der Waals surface area contributed by atoms with Crippen LogP contribution in [0.15, 0.2) is 65.8 Å². The summed E-state index contributed by atoms with van der Waals surface area (Å²) in [4.78, 5) is 21.2. The second-order valence-corrected chi connectivity index (χ2v) is 7.41. The normalized spacial score (nSPS) is 12.9. The van der Waals surface area contributed by atoms with E-state index in [1.165, 1.54) is 36.4 Å². The van der Waals surface area contributed by atoms with Crippen LogP contribution in [0.3, 0.4) is 0 Å². The molecular formula is C24H18F4N2O2. The number of hydrogen-bond acceptors (Lipinski definition) is 4. The van der Waals surface area contributed by atoms with Crippen LogP contribution >= 0.6 is 0 Å². The summed E-state index contributed by atoms with van der Waals surface area (Å²) in [6.07, 6.45) is -2.04. The van der Waals surface area contributed by atoms with Crippen molar-refractivity contribution in [3.05, 3.63) is 94.6 Å². The number of alkyl halides is 3. The van der Waals surface area contributed by atoms with Crippen molar-refractivity contribution in [3.63, 3.8) is 0 Å². The smallest absolute Gasteiger partial charge is 0.406 e. The lowest BCUT2D eigenvalue weighted by molar-refractivity contribution is -0.274. The topological polar surface area (TPSA) is 51.5 Å². The van der Waals surface area contributed by atoms with E-state index in [1.807, 2.05) is 6.07 Å². The molecule has 0 N–H and O–H groups in total. The van der Waals surface area contributed by atoms with E-state index in [-0.39, 0.29) is 23.8 Å². The minimum Gasteiger partial charge on any atom is -0.406 e. The van der Waals surface area contributed by atoms with Gasteiger partial charge in [0, 0.05) is 35.9 Å². The first-order valence-electron chi connectivity index (χ1n) is 9.92. The largest absolute Gasteiger partial charge is 0.573 e. The van der Waals surface area contributed by atoms with Gasteiger partial charge < -0.3 is 4.74 Å². The summed E-state index contributed by atoms with van der Waals surface area (Å²) in [5.74, 6) is -0.580. The predicted octanol–water partition coefficient (Wildman–Crippen LogP) is 5.21. The molecule has 1 aromatic heterocycles. The molecule has 0 amide bonds. The number of benzene rings is 2. The number of rotatable bonds is 7. The standard InChI is InChI=1S/C24H18F4N2O2/c25-18-6-1-15(2-7-18)3-8-20(31)12-19-11-17-13-30-23(22(17)14-29-19)16-4-9-21(10-5-16)32-24(26,27)28/h1-2,4-7,9-11,14H,3,8,12-13H2. The monoisotopic (exact) mass is 442 g/mol. The molecule has 1 aliphatic heterocycles. The number of aryl methyl sites for hydroxylation is 1. The summed E-state index contributed by atoms with van der Waals surface area (Å²) in [7, 11) is 0. The van der Waals surface area contributed by atoms with Crippen molar-refractivity contribution in [2.45, 2.75) is 32.2 Å². The average molecular weight is 442 g/mol. The molecule has 0 atom stereocenters. The summed E-state index contributed by atoms with van der Waals surface area (Å²) in [5.41, 5.74) is 4.52. The van der Waals surface area contributed by atoms with Crippen LogP contribution in [-0.2, 0) is 24.2 Å². The zero-order valence-electron chi connectivity index (χ0n) is 16.8. The Bertz CT molecular complexity index is 1150. The molecule has 1 aliphatic rings. The Morgan fingerprint density at radius 2 is 1.75 bits per heavy atom. The first-order chi connectivity index (χ1) is 15.3. The highest BCUT2D eigenvalue weighted by atomic mass is 19.4. The van der Waals surface area contributed by atoms with Gasteiger partial charge in [-0.25, -0.2) is 4.39 Å². The molecule has 0 radical (unpaired) electrons. The van der Waals surface area contributed by atoms with E-state index in [0.717, 1.165) is 16.7 Å². The molecule has 32 heavy (non-hydrogen) atoms. The average Bonchev–Trinajstić information content (AvgIpc) is 3.16. The molecule has 0 fully saturated rings. The maximum atomic E-state index is 13.0. The molecule has 0 aliphatic carbocycles. The molecule has 0 saturated heterocycles. The van der Waals surface area contributed by atoms with Gasteiger partial charge in [0.1, 0.15) is 17.3 Å². The van der Waals surface area contributed by atoms with Crippen LogP contribution in [0.4, 0.5) is 17.6 Å². The summed E-state index contributed by atoms with van der Waals surface area (Å²) in [6.45, 7) is 0.407. The Morgan fingerprint density at radius 1 is 1.03 bits per heavy atom. The van der Waals surface area contributed by atoms with Gasteiger partial charge in [-0.05, 0) is 60.0 Å². The molecule has 164 valence electrons. The van der Waals surface area contributed by atoms with E-state index >= 15 is 0 Å². The number of pyridine rings is 1. The number of hydrogen-bond donors (Lipinski definition) is 0. The number of halogens is 4. The number of nitrogens with zero attached hydrogens (tertiary/aromatic N) is 2. The molecule has 8 heteroatoms. The summed E-state index contributed by atoms with van der Waals surface area (Å²) >= 11 is 0. The van der Waals surface area contributed by atoms with Gasteiger partial charge in [0.25, 0.3) is 0 Å². The van der Waals surface area contributed by atoms with E-state index < -0.39 is 6.36 Å². The lowest BCUT2D eigenvalue weighted by Crippen LogP contribution is -2.17. The lowest BCUT2D eigenvalue weighted by atomic mass is 10.00. The first kappa shape index (κ1) is 21.7. The molecule has 3 aromatic rings. The fourth-order valence-corrected chi connectivity index (χ4v) is 3.52. The molecule has 0 unspecified atom stereocenters. The van der Waals surface area contributed by atoms with Crippen molar-refractivity contribution < 1.29 is 27.1 Å². The van der Waals surface area contributed by atoms with Crippen LogP contribution in [0.5, 0.6) is 5.75 Å². The third-order valence-corrected chi connectivity index (χ3v) is 5.05. The number of fused-ring (bicyclic) bond motifs is 1. The Morgan fingerprint density at radius 3 is 2.44 bits per heavy atom. The molecular weight excluding hydrogens is 424 g/mol. The minimum absolute atomic E-state index is 0.0289. The highest BCUT2D eigenvalue weighted by Crippen LogP contribution is 2.27. The Hall–Kier alpha value is -3.55. The fraction of sp³-hybridized carbons (Fsp3) is 0.208. The zero-order chi connectivity index (χ0) is 22.7. The van der Waals surface area contributed by atoms with Crippen LogP contribution in [0, 0.1) is 5.82 Å². The van der Waals surface area contributed by atoms with E-state index in [2.05, 4.69) is 14.7 Å². The summed E-state index contributed by atoms with van der Waals surface area (Å²) in [6, 6.07) is 13.4. The Balaban J connectivity index is 1.38. The number of ketones is 1. The van der Waals surface area contributed by atoms with Gasteiger partial charge in [-0.1, -0.05) is 12.1 Å². The summed E-state index contributed by atoms with van der Waals surface area (Å²) in [5, 5.41) is 0. The molecule has 4 rings (SSSR count). The highest BCUT2D eigenvalue weighted by molar-refractivity contribution is 6.15. The number of carbonyl (C=O) groups is 1. The maximum Gasteiger partial charge on any atom is 0.573 e. The van der Waals surface area contributed by atoms with E-state index in [4.69, 9.17) is 0 Å². The van der Waals surface area contributed by atoms with Gasteiger partial charge in [0.05, 0.1) is 12.3 Å². The molecule has 0 spiro atoms. The minimum atomic E-state index is -4.74. The number of Topliss-reactive ketones (excluding diaryl/α,β-unsaturated/α-hetero) is 1. The third kappa shape index (κ3) is 5.38. The quantitative estimate of drug-likeness (QED) is 0.472. The van der Waals surface area contributed by atoms with Crippen molar-refractivity contribution in [1.82, 2.24) is 4.98 Å². The Kier molecular flexibility index (Phi) is 6.03. The Labute approximate surface area is 181 Å². The van der Waals surface area contributed by atoms with Gasteiger partial charge in [-0.3, -0.25) is 14.8 Å². The zero-order valence-corrected chi connectivity index (χ0v) is 16.8. The maximum absolute atomic E-state index is 13.0. The van der Waals surface area contributed by atoms with Gasteiger partial charge in [-0.15, -0.1) is 13.2 Å². The predicted molar refractivity (Wildman–Crippen MR) is 110 cm³/mol. The molecule has 0 saturated carbocycles. The van der Waals surface area contributed by atoms with Gasteiger partial charge in [-0.2, -0.15) is 0 Å². The van der Waals surface area contributed by atoms with Gasteiger partial charge in [0.15, 0.2) is 0 Å². The summed E-state index contributed by atoms with van der Waals surface area (Å²) < 4.78 is 53.8. The molecule has 2 aromatic carbocycles. The second-order valence-electron chi connectivity index (χ2n) is 7.41. The number of aliphatic imine (C=N–C) groups is 1. The number of carbonyl (C=O) groups excluding carboxylic acids is 1. The second kappa shape index (κ2) is 8.90. The van der Waals surface area contributed by atoms with Crippen LogP contribution in [0.1, 0.15) is 34.4 Å². The molecule has 0 bridgehead atoms. The van der Waals surface area contributed by atoms with E-state index in [9.17, 15) is 22.4 Å². The van der Waals surface area contributed by atoms with Gasteiger partial charge >= 0.3 is 6.36 Å². The van der Waals surface area contributed by atoms with Crippen molar-refractivity contribution in [3.8, 4) is 5.75 Å². The molecule has 4 nitrogen and oxygen atoms in total. The molecule has 2 heterocycles. The van der Waals surface area contributed by atoms with Crippen LogP contribution in [-0.4, -0.2) is 22.8 Å². The lowest BCUT2D eigenvalue weighted by Gasteiger charge is -2.10. The first-order valence-corrected chi connectivity index (χ1v) is 9.92. The third-order valence-electron chi connectivity index (χ3n) is 5.05. The van der Waals surface area contributed by atoms with Crippen LogP contribution in [0.25, 0.3) is 0 Å². The number of aromatic nitrogens is 1. The fourth-order valence-electron chi connectivity index (χ4n) is 3.52. The van der Waals surface area contributed by atoms with Crippen molar-refractivity contribution >= 4 is 11.5 Å². The van der Waals surface area contributed by atoms with Crippen LogP contribution in [0.2, 0.25) is 0 Å². The highest BCUT2D eigenvalue weighted by Gasteiger charge is 2.31. The van der Waals surface area contributed by atoms with Crippen LogP contribution < -0.4 is 4.74 Å². The van der Waals surface area contributed by atoms with Crippen molar-refractivity contribution in [1.29, 1.82) is 0 Å². The number of ether oxygens (including phenoxy) is 1. The van der Waals surface area contributed by atoms with Crippen molar-refractivity contribution in [2.24, 2.45) is 4.99 Å². The van der Waals surface area contributed by atoms with E-state index in [1.54, 1.807) is 18.3 Å². The van der Waals surface area contributed by atoms with Gasteiger partial charge in [0.2, 0.25) is 0 Å².